The summed E-state index contributed by atoms with van der Waals surface area (Å²) in [5.74, 6) is 0. The van der Waals surface area contributed by atoms with Crippen molar-refractivity contribution in [3.05, 3.63) is 29.4 Å². The number of methoxy groups -OCH3 is 1. The van der Waals surface area contributed by atoms with Crippen LogP contribution in [-0.2, 0) is 11.3 Å². The number of hydrogen-bond donors (Lipinski definition) is 1. The van der Waals surface area contributed by atoms with Gasteiger partial charge in [-0.3, -0.25) is 0 Å². The number of nitrogens with one attached hydrogen (secondary N) is 1. The molecule has 2 heterocycles. The van der Waals surface area contributed by atoms with E-state index in [2.05, 4.69) is 26.6 Å². The SMILES string of the molecule is COCCNCc1ccc(Sc2nncs2)nc1. The Kier molecular flexibility index (Phi) is 5.53. The van der Waals surface area contributed by atoms with Crippen molar-refractivity contribution in [1.82, 2.24) is 20.5 Å². The van der Waals surface area contributed by atoms with Gasteiger partial charge in [-0.05, 0) is 23.4 Å². The van der Waals surface area contributed by atoms with Crippen molar-refractivity contribution in [3.8, 4) is 0 Å². The first kappa shape index (κ1) is 13.4. The van der Waals surface area contributed by atoms with E-state index in [4.69, 9.17) is 4.74 Å². The molecule has 0 saturated carbocycles. The summed E-state index contributed by atoms with van der Waals surface area (Å²) in [6, 6.07) is 4.07. The highest BCUT2D eigenvalue weighted by Crippen LogP contribution is 2.26. The molecule has 0 bridgehead atoms. The first-order valence-electron chi connectivity index (χ1n) is 5.47. The van der Waals surface area contributed by atoms with Crippen molar-refractivity contribution in [2.75, 3.05) is 20.3 Å². The number of rotatable bonds is 7. The van der Waals surface area contributed by atoms with Gasteiger partial charge in [-0.2, -0.15) is 0 Å². The topological polar surface area (TPSA) is 59.9 Å². The van der Waals surface area contributed by atoms with E-state index in [-0.39, 0.29) is 0 Å². The van der Waals surface area contributed by atoms with Gasteiger partial charge in [-0.1, -0.05) is 17.4 Å². The third-order valence-electron chi connectivity index (χ3n) is 2.14. The highest BCUT2D eigenvalue weighted by atomic mass is 32.2. The van der Waals surface area contributed by atoms with Crippen molar-refractivity contribution < 1.29 is 4.74 Å². The van der Waals surface area contributed by atoms with Crippen LogP contribution in [0.3, 0.4) is 0 Å². The van der Waals surface area contributed by atoms with Crippen molar-refractivity contribution >= 4 is 23.1 Å². The minimum Gasteiger partial charge on any atom is -0.383 e. The lowest BCUT2D eigenvalue weighted by molar-refractivity contribution is 0.199. The summed E-state index contributed by atoms with van der Waals surface area (Å²) in [6.45, 7) is 2.37. The molecule has 7 heteroatoms. The van der Waals surface area contributed by atoms with Gasteiger partial charge in [-0.25, -0.2) is 4.98 Å². The molecule has 5 nitrogen and oxygen atoms in total. The average Bonchev–Trinajstić information content (AvgIpc) is 2.89. The standard InChI is InChI=1S/C11H14N4OS2/c1-16-5-4-12-6-9-2-3-10(13-7-9)18-11-15-14-8-17-11/h2-3,7-8,12H,4-6H2,1H3. The Labute approximate surface area is 114 Å². The van der Waals surface area contributed by atoms with E-state index in [9.17, 15) is 0 Å². The van der Waals surface area contributed by atoms with Crippen molar-refractivity contribution in [1.29, 1.82) is 0 Å². The van der Waals surface area contributed by atoms with Crippen LogP contribution >= 0.6 is 23.1 Å². The summed E-state index contributed by atoms with van der Waals surface area (Å²) in [4.78, 5) is 4.38. The Balaban J connectivity index is 1.82. The van der Waals surface area contributed by atoms with Gasteiger partial charge in [0.25, 0.3) is 0 Å². The van der Waals surface area contributed by atoms with Crippen LogP contribution in [0.25, 0.3) is 0 Å². The van der Waals surface area contributed by atoms with Gasteiger partial charge in [0.2, 0.25) is 0 Å². The predicted molar refractivity (Wildman–Crippen MR) is 71.9 cm³/mol. The predicted octanol–water partition coefficient (Wildman–Crippen LogP) is 1.82. The minimum atomic E-state index is 0.721. The lowest BCUT2D eigenvalue weighted by Crippen LogP contribution is -2.18. The first-order valence-corrected chi connectivity index (χ1v) is 7.16. The largest absolute Gasteiger partial charge is 0.383 e. The number of pyridine rings is 1. The minimum absolute atomic E-state index is 0.721. The fraction of sp³-hybridized carbons (Fsp3) is 0.364. The maximum Gasteiger partial charge on any atom is 0.180 e. The second-order valence-electron chi connectivity index (χ2n) is 3.48. The van der Waals surface area contributed by atoms with Crippen LogP contribution in [0.2, 0.25) is 0 Å². The molecule has 0 atom stereocenters. The molecule has 0 radical (unpaired) electrons. The van der Waals surface area contributed by atoms with E-state index in [1.807, 2.05) is 12.3 Å². The molecule has 2 rings (SSSR count). The molecule has 0 spiro atoms. The fourth-order valence-electron chi connectivity index (χ4n) is 1.28. The van der Waals surface area contributed by atoms with Crippen LogP contribution < -0.4 is 5.32 Å². The van der Waals surface area contributed by atoms with Gasteiger partial charge in [0.15, 0.2) is 4.34 Å². The number of hydrogen-bond acceptors (Lipinski definition) is 7. The molecule has 0 fully saturated rings. The van der Waals surface area contributed by atoms with Gasteiger partial charge in [0, 0.05) is 26.4 Å². The quantitative estimate of drug-likeness (QED) is 0.782. The van der Waals surface area contributed by atoms with Gasteiger partial charge in [0.1, 0.15) is 10.5 Å². The van der Waals surface area contributed by atoms with Gasteiger partial charge < -0.3 is 10.1 Å². The summed E-state index contributed by atoms with van der Waals surface area (Å²) in [5.41, 5.74) is 2.88. The Morgan fingerprint density at radius 1 is 1.44 bits per heavy atom. The Morgan fingerprint density at radius 2 is 2.39 bits per heavy atom. The zero-order valence-corrected chi connectivity index (χ0v) is 11.6. The molecule has 0 saturated heterocycles. The van der Waals surface area contributed by atoms with Crippen molar-refractivity contribution in [2.45, 2.75) is 15.9 Å². The molecular weight excluding hydrogens is 268 g/mol. The maximum atomic E-state index is 4.96. The van der Waals surface area contributed by atoms with Crippen LogP contribution in [0.1, 0.15) is 5.56 Å². The molecule has 0 aliphatic carbocycles. The van der Waals surface area contributed by atoms with E-state index in [0.29, 0.717) is 0 Å². The first-order chi connectivity index (χ1) is 8.88. The van der Waals surface area contributed by atoms with Crippen LogP contribution in [0, 0.1) is 0 Å². The molecule has 0 aliphatic heterocycles. The molecule has 0 aliphatic rings. The highest BCUT2D eigenvalue weighted by Gasteiger charge is 2.02. The molecule has 0 aromatic carbocycles. The summed E-state index contributed by atoms with van der Waals surface area (Å²) in [6.07, 6.45) is 1.88. The highest BCUT2D eigenvalue weighted by molar-refractivity contribution is 8.00. The van der Waals surface area contributed by atoms with E-state index >= 15 is 0 Å². The van der Waals surface area contributed by atoms with Crippen molar-refractivity contribution in [3.63, 3.8) is 0 Å². The van der Waals surface area contributed by atoms with Gasteiger partial charge in [-0.15, -0.1) is 10.2 Å². The Hall–Kier alpha value is -1.02. The molecule has 0 unspecified atom stereocenters. The molecule has 2 aromatic heterocycles. The molecule has 18 heavy (non-hydrogen) atoms. The molecule has 1 N–H and O–H groups in total. The van der Waals surface area contributed by atoms with E-state index in [0.717, 1.165) is 34.6 Å². The van der Waals surface area contributed by atoms with Crippen LogP contribution in [0.4, 0.5) is 0 Å². The summed E-state index contributed by atoms with van der Waals surface area (Å²) in [5, 5.41) is 12.0. The van der Waals surface area contributed by atoms with Crippen LogP contribution in [0.15, 0.2) is 33.2 Å². The number of aromatic nitrogens is 3. The average molecular weight is 282 g/mol. The summed E-state index contributed by atoms with van der Waals surface area (Å²) < 4.78 is 5.88. The smallest absolute Gasteiger partial charge is 0.180 e. The van der Waals surface area contributed by atoms with Crippen LogP contribution in [0.5, 0.6) is 0 Å². The van der Waals surface area contributed by atoms with E-state index < -0.39 is 0 Å². The zero-order valence-electron chi connectivity index (χ0n) is 10.00. The monoisotopic (exact) mass is 282 g/mol. The van der Waals surface area contributed by atoms with Crippen LogP contribution in [-0.4, -0.2) is 35.4 Å². The van der Waals surface area contributed by atoms with E-state index in [1.165, 1.54) is 23.1 Å². The van der Waals surface area contributed by atoms with Gasteiger partial charge in [0.05, 0.1) is 6.61 Å². The third kappa shape index (κ3) is 4.34. The molecule has 0 amide bonds. The Bertz CT molecular complexity index is 447. The summed E-state index contributed by atoms with van der Waals surface area (Å²) in [7, 11) is 1.70. The lowest BCUT2D eigenvalue weighted by atomic mass is 10.3. The second kappa shape index (κ2) is 7.42. The normalized spacial score (nSPS) is 10.7. The molecule has 96 valence electrons. The lowest BCUT2D eigenvalue weighted by Gasteiger charge is -2.04. The fourth-order valence-corrected chi connectivity index (χ4v) is 2.64. The third-order valence-corrected chi connectivity index (χ3v) is 3.87. The molecule has 2 aromatic rings. The zero-order chi connectivity index (χ0) is 12.6. The molecular formula is C11H14N4OS2. The number of ether oxygens (including phenoxy) is 1. The van der Waals surface area contributed by atoms with E-state index in [1.54, 1.807) is 12.6 Å². The Morgan fingerprint density at radius 3 is 3.06 bits per heavy atom. The number of nitrogens with zero attached hydrogens (tertiary/aromatic N) is 3. The maximum absolute atomic E-state index is 4.96. The van der Waals surface area contributed by atoms with Gasteiger partial charge >= 0.3 is 0 Å². The van der Waals surface area contributed by atoms with Crippen molar-refractivity contribution in [2.24, 2.45) is 0 Å². The second-order valence-corrected chi connectivity index (χ2v) is 5.58. The summed E-state index contributed by atoms with van der Waals surface area (Å²) >= 11 is 3.04.